The Bertz CT molecular complexity index is 1170. The number of carbonyl (C=O) groups is 2. The van der Waals surface area contributed by atoms with E-state index in [-0.39, 0.29) is 30.4 Å². The Hall–Kier alpha value is -3.88. The lowest BCUT2D eigenvalue weighted by atomic mass is 10.2. The molecule has 1 N–H and O–H groups in total. The van der Waals surface area contributed by atoms with Crippen LogP contribution >= 0.6 is 0 Å². The van der Waals surface area contributed by atoms with Crippen LogP contribution in [0.25, 0.3) is 0 Å². The normalized spacial score (nSPS) is 15.9. The number of nitrogens with zero attached hydrogens (tertiary/aromatic N) is 4. The van der Waals surface area contributed by atoms with Crippen molar-refractivity contribution in [1.82, 2.24) is 19.7 Å². The SMILES string of the molecule is Cc1cc(C(=O)N[C@@H]2COc3ccccc3N(C)C2=O)nn1Cn1ccccc1=O. The molecule has 0 saturated carbocycles. The molecule has 4 rings (SSSR count). The first kappa shape index (κ1) is 19.4. The third kappa shape index (κ3) is 3.69. The van der Waals surface area contributed by atoms with Gasteiger partial charge in [-0.15, -0.1) is 0 Å². The van der Waals surface area contributed by atoms with Gasteiger partial charge in [0, 0.05) is 25.0 Å². The molecule has 1 aliphatic rings. The van der Waals surface area contributed by atoms with Gasteiger partial charge >= 0.3 is 0 Å². The Morgan fingerprint density at radius 1 is 1.20 bits per heavy atom. The average molecular weight is 407 g/mol. The van der Waals surface area contributed by atoms with Crippen LogP contribution in [0.15, 0.2) is 59.5 Å². The number of para-hydroxylation sites is 2. The number of likely N-dealkylation sites (N-methyl/N-ethyl adjacent to an activating group) is 1. The molecule has 0 spiro atoms. The fraction of sp³-hybridized carbons (Fsp3) is 0.238. The van der Waals surface area contributed by atoms with Crippen LogP contribution in [0, 0.1) is 6.92 Å². The first-order chi connectivity index (χ1) is 14.4. The van der Waals surface area contributed by atoms with Crippen molar-refractivity contribution < 1.29 is 14.3 Å². The number of hydrogen-bond donors (Lipinski definition) is 1. The number of fused-ring (bicyclic) bond motifs is 1. The summed E-state index contributed by atoms with van der Waals surface area (Å²) >= 11 is 0. The Kier molecular flexibility index (Phi) is 5.09. The summed E-state index contributed by atoms with van der Waals surface area (Å²) in [4.78, 5) is 38.9. The summed E-state index contributed by atoms with van der Waals surface area (Å²) in [5.74, 6) is -0.183. The summed E-state index contributed by atoms with van der Waals surface area (Å²) in [6.07, 6.45) is 1.65. The molecule has 1 aromatic carbocycles. The molecule has 0 unspecified atom stereocenters. The van der Waals surface area contributed by atoms with E-state index in [2.05, 4.69) is 10.4 Å². The third-order valence-corrected chi connectivity index (χ3v) is 4.97. The van der Waals surface area contributed by atoms with Gasteiger partial charge in [-0.05, 0) is 31.2 Å². The first-order valence-corrected chi connectivity index (χ1v) is 9.44. The maximum Gasteiger partial charge on any atom is 0.272 e. The number of ether oxygens (including phenoxy) is 1. The number of hydrogen-bond acceptors (Lipinski definition) is 5. The molecule has 3 heterocycles. The minimum absolute atomic E-state index is 0.0189. The van der Waals surface area contributed by atoms with Crippen molar-refractivity contribution in [2.75, 3.05) is 18.6 Å². The molecule has 0 radical (unpaired) electrons. The Labute approximate surface area is 172 Å². The van der Waals surface area contributed by atoms with Crippen molar-refractivity contribution in [3.8, 4) is 5.75 Å². The van der Waals surface area contributed by atoms with Crippen LogP contribution in [0.5, 0.6) is 5.75 Å². The van der Waals surface area contributed by atoms with Gasteiger partial charge in [0.05, 0.1) is 5.69 Å². The van der Waals surface area contributed by atoms with Gasteiger partial charge in [0.2, 0.25) is 0 Å². The molecular weight excluding hydrogens is 386 g/mol. The maximum absolute atomic E-state index is 12.8. The summed E-state index contributed by atoms with van der Waals surface area (Å²) in [5, 5.41) is 7.00. The molecular formula is C21H21N5O4. The van der Waals surface area contributed by atoms with E-state index in [1.54, 1.807) is 55.2 Å². The Balaban J connectivity index is 1.50. The predicted octanol–water partition coefficient (Wildman–Crippen LogP) is 1.01. The van der Waals surface area contributed by atoms with Crippen molar-refractivity contribution >= 4 is 17.5 Å². The van der Waals surface area contributed by atoms with Crippen molar-refractivity contribution in [2.24, 2.45) is 0 Å². The molecule has 1 atom stereocenters. The van der Waals surface area contributed by atoms with Gasteiger partial charge in [0.25, 0.3) is 17.4 Å². The zero-order chi connectivity index (χ0) is 21.3. The van der Waals surface area contributed by atoms with Crippen LogP contribution in [-0.4, -0.2) is 45.9 Å². The van der Waals surface area contributed by atoms with E-state index in [0.29, 0.717) is 17.1 Å². The van der Waals surface area contributed by atoms with Crippen molar-refractivity contribution in [2.45, 2.75) is 19.6 Å². The van der Waals surface area contributed by atoms with Crippen molar-refractivity contribution in [3.05, 3.63) is 76.5 Å². The van der Waals surface area contributed by atoms with Crippen LogP contribution in [0.2, 0.25) is 0 Å². The lowest BCUT2D eigenvalue weighted by molar-refractivity contribution is -0.120. The fourth-order valence-electron chi connectivity index (χ4n) is 3.27. The van der Waals surface area contributed by atoms with E-state index >= 15 is 0 Å². The highest BCUT2D eigenvalue weighted by molar-refractivity contribution is 6.02. The Morgan fingerprint density at radius 2 is 1.97 bits per heavy atom. The fourth-order valence-corrected chi connectivity index (χ4v) is 3.27. The number of carbonyl (C=O) groups excluding carboxylic acids is 2. The highest BCUT2D eigenvalue weighted by atomic mass is 16.5. The zero-order valence-electron chi connectivity index (χ0n) is 16.6. The third-order valence-electron chi connectivity index (χ3n) is 4.97. The average Bonchev–Trinajstić information content (AvgIpc) is 3.07. The minimum Gasteiger partial charge on any atom is -0.489 e. The first-order valence-electron chi connectivity index (χ1n) is 9.44. The number of pyridine rings is 1. The van der Waals surface area contributed by atoms with Crippen LogP contribution < -0.4 is 20.5 Å². The molecule has 3 aromatic rings. The molecule has 0 aliphatic carbocycles. The quantitative estimate of drug-likeness (QED) is 0.696. The number of aromatic nitrogens is 3. The highest BCUT2D eigenvalue weighted by Gasteiger charge is 2.31. The number of benzene rings is 1. The molecule has 9 heteroatoms. The lowest BCUT2D eigenvalue weighted by Gasteiger charge is -2.20. The molecule has 0 fully saturated rings. The molecule has 154 valence electrons. The van der Waals surface area contributed by atoms with E-state index in [4.69, 9.17) is 4.74 Å². The van der Waals surface area contributed by atoms with E-state index in [1.165, 1.54) is 15.5 Å². The van der Waals surface area contributed by atoms with Crippen LogP contribution in [0.1, 0.15) is 16.2 Å². The second-order valence-electron chi connectivity index (χ2n) is 7.02. The molecule has 2 aromatic heterocycles. The van der Waals surface area contributed by atoms with Gasteiger partial charge in [-0.25, -0.2) is 4.68 Å². The molecule has 1 aliphatic heterocycles. The predicted molar refractivity (Wildman–Crippen MR) is 110 cm³/mol. The van der Waals surface area contributed by atoms with E-state index < -0.39 is 11.9 Å². The van der Waals surface area contributed by atoms with Crippen molar-refractivity contribution in [3.63, 3.8) is 0 Å². The van der Waals surface area contributed by atoms with Gasteiger partial charge in [-0.3, -0.25) is 19.0 Å². The standard InChI is InChI=1S/C21H21N5O4/c1-14-11-15(23-26(14)13-25-10-6-5-9-19(25)27)20(28)22-16-12-30-18-8-4-3-7-17(18)24(2)21(16)29/h3-11,16H,12-13H2,1-2H3,(H,22,28)/t16-/m1/s1. The number of anilines is 1. The molecule has 2 amide bonds. The number of aryl methyl sites for hydroxylation is 1. The Morgan fingerprint density at radius 3 is 2.77 bits per heavy atom. The largest absolute Gasteiger partial charge is 0.489 e. The van der Waals surface area contributed by atoms with Gasteiger partial charge in [0.1, 0.15) is 25.1 Å². The lowest BCUT2D eigenvalue weighted by Crippen LogP contribution is -2.49. The summed E-state index contributed by atoms with van der Waals surface area (Å²) in [6.45, 7) is 2.00. The molecule has 0 bridgehead atoms. The van der Waals surface area contributed by atoms with Gasteiger partial charge < -0.3 is 15.0 Å². The van der Waals surface area contributed by atoms with Crippen LogP contribution in [-0.2, 0) is 11.5 Å². The van der Waals surface area contributed by atoms with Crippen molar-refractivity contribution in [1.29, 1.82) is 0 Å². The van der Waals surface area contributed by atoms with Gasteiger partial charge in [0.15, 0.2) is 5.69 Å². The smallest absolute Gasteiger partial charge is 0.272 e. The minimum atomic E-state index is -0.850. The van der Waals surface area contributed by atoms with E-state index in [0.717, 1.165) is 0 Å². The summed E-state index contributed by atoms with van der Waals surface area (Å²) in [6, 6.07) is 12.8. The summed E-state index contributed by atoms with van der Waals surface area (Å²) in [5.41, 5.74) is 1.35. The van der Waals surface area contributed by atoms with Gasteiger partial charge in [-0.1, -0.05) is 18.2 Å². The second-order valence-corrected chi connectivity index (χ2v) is 7.02. The highest BCUT2D eigenvalue weighted by Crippen LogP contribution is 2.29. The zero-order valence-corrected chi connectivity index (χ0v) is 16.6. The maximum atomic E-state index is 12.8. The molecule has 30 heavy (non-hydrogen) atoms. The number of amides is 2. The topological polar surface area (TPSA) is 98.5 Å². The van der Waals surface area contributed by atoms with Crippen LogP contribution in [0.4, 0.5) is 5.69 Å². The van der Waals surface area contributed by atoms with E-state index in [1.807, 2.05) is 12.1 Å². The summed E-state index contributed by atoms with van der Waals surface area (Å²) in [7, 11) is 1.64. The second kappa shape index (κ2) is 7.86. The monoisotopic (exact) mass is 407 g/mol. The molecule has 0 saturated heterocycles. The molecule has 9 nitrogen and oxygen atoms in total. The van der Waals surface area contributed by atoms with Crippen LogP contribution in [0.3, 0.4) is 0 Å². The summed E-state index contributed by atoms with van der Waals surface area (Å²) < 4.78 is 8.76. The number of rotatable bonds is 4. The van der Waals surface area contributed by atoms with Gasteiger partial charge in [-0.2, -0.15) is 5.10 Å². The number of nitrogens with one attached hydrogen (secondary N) is 1. The van der Waals surface area contributed by atoms with E-state index in [9.17, 15) is 14.4 Å².